The van der Waals surface area contributed by atoms with Crippen LogP contribution in [-0.4, -0.2) is 40.3 Å². The third-order valence-electron chi connectivity index (χ3n) is 2.91. The first-order valence-electron chi connectivity index (χ1n) is 5.98. The topological polar surface area (TPSA) is 66.8 Å². The molecule has 0 aromatic carbocycles. The number of amides is 1. The number of carbonyl (C=O) groups excluding carboxylic acids is 1. The van der Waals surface area contributed by atoms with Crippen LogP contribution in [0.3, 0.4) is 0 Å². The fourth-order valence-corrected chi connectivity index (χ4v) is 2.19. The molecule has 5 nitrogen and oxygen atoms in total. The summed E-state index contributed by atoms with van der Waals surface area (Å²) >= 11 is 0. The van der Waals surface area contributed by atoms with Crippen molar-refractivity contribution < 1.29 is 19.4 Å². The fourth-order valence-electron chi connectivity index (χ4n) is 2.19. The van der Waals surface area contributed by atoms with E-state index in [1.54, 1.807) is 25.7 Å². The second-order valence-electron chi connectivity index (χ2n) is 5.38. The Morgan fingerprint density at radius 2 is 2.00 bits per heavy atom. The van der Waals surface area contributed by atoms with E-state index < -0.39 is 23.6 Å². The molecular weight excluding hydrogens is 222 g/mol. The van der Waals surface area contributed by atoms with Crippen LogP contribution in [-0.2, 0) is 9.53 Å². The van der Waals surface area contributed by atoms with E-state index in [-0.39, 0.29) is 6.04 Å². The largest absolute Gasteiger partial charge is 0.481 e. The number of carboxylic acid groups (broad SMARTS) is 1. The molecule has 0 aromatic rings. The standard InChI is InChI=1S/C12H21NO4/c1-5-9-8(10(14)15)6-7-13(9)11(16)17-12(2,3)4/h8-9H,5-7H2,1-4H3,(H,14,15)/t8-,9-/m1/s1. The van der Waals surface area contributed by atoms with E-state index in [0.717, 1.165) is 0 Å². The van der Waals surface area contributed by atoms with Crippen molar-refractivity contribution in [3.05, 3.63) is 0 Å². The lowest BCUT2D eigenvalue weighted by atomic mass is 9.99. The molecule has 0 aromatic heterocycles. The van der Waals surface area contributed by atoms with Gasteiger partial charge in [0, 0.05) is 12.6 Å². The highest BCUT2D eigenvalue weighted by molar-refractivity contribution is 5.75. The molecule has 5 heteroatoms. The molecule has 0 spiro atoms. The maximum absolute atomic E-state index is 11.9. The fraction of sp³-hybridized carbons (Fsp3) is 0.833. The summed E-state index contributed by atoms with van der Waals surface area (Å²) < 4.78 is 5.28. The molecule has 0 unspecified atom stereocenters. The zero-order valence-electron chi connectivity index (χ0n) is 10.9. The predicted octanol–water partition coefficient (Wildman–Crippen LogP) is 2.11. The van der Waals surface area contributed by atoms with Crippen molar-refractivity contribution in [3.8, 4) is 0 Å². The maximum Gasteiger partial charge on any atom is 0.410 e. The highest BCUT2D eigenvalue weighted by Gasteiger charge is 2.41. The van der Waals surface area contributed by atoms with Gasteiger partial charge in [0.2, 0.25) is 0 Å². The van der Waals surface area contributed by atoms with Gasteiger partial charge in [-0.3, -0.25) is 4.79 Å². The van der Waals surface area contributed by atoms with Gasteiger partial charge in [-0.05, 0) is 33.6 Å². The summed E-state index contributed by atoms with van der Waals surface area (Å²) in [7, 11) is 0. The van der Waals surface area contributed by atoms with Gasteiger partial charge in [0.25, 0.3) is 0 Å². The minimum Gasteiger partial charge on any atom is -0.481 e. The van der Waals surface area contributed by atoms with Gasteiger partial charge >= 0.3 is 12.1 Å². The Kier molecular flexibility index (Phi) is 4.01. The van der Waals surface area contributed by atoms with Crippen molar-refractivity contribution in [1.29, 1.82) is 0 Å². The van der Waals surface area contributed by atoms with Gasteiger partial charge in [-0.15, -0.1) is 0 Å². The van der Waals surface area contributed by atoms with Crippen LogP contribution in [0.5, 0.6) is 0 Å². The Balaban J connectivity index is 2.72. The Morgan fingerprint density at radius 3 is 2.41 bits per heavy atom. The molecule has 1 amide bonds. The van der Waals surface area contributed by atoms with Gasteiger partial charge in [0.1, 0.15) is 5.60 Å². The number of carbonyl (C=O) groups is 2. The summed E-state index contributed by atoms with van der Waals surface area (Å²) in [5, 5.41) is 9.07. The molecule has 0 radical (unpaired) electrons. The monoisotopic (exact) mass is 243 g/mol. The van der Waals surface area contributed by atoms with Crippen LogP contribution < -0.4 is 0 Å². The van der Waals surface area contributed by atoms with Crippen LogP contribution in [0.15, 0.2) is 0 Å². The average molecular weight is 243 g/mol. The molecule has 1 N–H and O–H groups in total. The number of carboxylic acids is 1. The Morgan fingerprint density at radius 1 is 1.41 bits per heavy atom. The number of aliphatic carboxylic acids is 1. The van der Waals surface area contributed by atoms with Crippen molar-refractivity contribution >= 4 is 12.1 Å². The number of nitrogens with zero attached hydrogens (tertiary/aromatic N) is 1. The van der Waals surface area contributed by atoms with E-state index in [1.807, 2.05) is 6.92 Å². The van der Waals surface area contributed by atoms with Gasteiger partial charge in [-0.1, -0.05) is 6.92 Å². The smallest absolute Gasteiger partial charge is 0.410 e. The van der Waals surface area contributed by atoms with Crippen LogP contribution >= 0.6 is 0 Å². The second-order valence-corrected chi connectivity index (χ2v) is 5.38. The normalized spacial score (nSPS) is 24.8. The van der Waals surface area contributed by atoms with Crippen LogP contribution in [0.1, 0.15) is 40.5 Å². The number of hydrogen-bond donors (Lipinski definition) is 1. The van der Waals surface area contributed by atoms with Gasteiger partial charge in [-0.2, -0.15) is 0 Å². The number of rotatable bonds is 2. The van der Waals surface area contributed by atoms with Crippen molar-refractivity contribution in [1.82, 2.24) is 4.90 Å². The number of likely N-dealkylation sites (tertiary alicyclic amines) is 1. The molecule has 17 heavy (non-hydrogen) atoms. The minimum absolute atomic E-state index is 0.248. The van der Waals surface area contributed by atoms with Crippen LogP contribution in [0.25, 0.3) is 0 Å². The maximum atomic E-state index is 11.9. The van der Waals surface area contributed by atoms with Crippen LogP contribution in [0, 0.1) is 5.92 Å². The molecule has 1 aliphatic heterocycles. The van der Waals surface area contributed by atoms with Gasteiger partial charge in [0.15, 0.2) is 0 Å². The minimum atomic E-state index is -0.831. The summed E-state index contributed by atoms with van der Waals surface area (Å²) in [5.41, 5.74) is -0.545. The summed E-state index contributed by atoms with van der Waals surface area (Å²) in [6.45, 7) is 7.76. The van der Waals surface area contributed by atoms with Crippen LogP contribution in [0.4, 0.5) is 4.79 Å². The van der Waals surface area contributed by atoms with Crippen molar-refractivity contribution in [3.63, 3.8) is 0 Å². The first-order chi connectivity index (χ1) is 7.76. The van der Waals surface area contributed by atoms with E-state index in [0.29, 0.717) is 19.4 Å². The molecule has 1 rings (SSSR count). The molecule has 0 aliphatic carbocycles. The van der Waals surface area contributed by atoms with Gasteiger partial charge in [0.05, 0.1) is 5.92 Å². The Hall–Kier alpha value is -1.26. The molecule has 98 valence electrons. The van der Waals surface area contributed by atoms with E-state index >= 15 is 0 Å². The molecule has 1 heterocycles. The van der Waals surface area contributed by atoms with Crippen LogP contribution in [0.2, 0.25) is 0 Å². The molecule has 1 aliphatic rings. The molecule has 0 bridgehead atoms. The third-order valence-corrected chi connectivity index (χ3v) is 2.91. The Labute approximate surface area is 102 Å². The molecule has 2 atom stereocenters. The lowest BCUT2D eigenvalue weighted by Crippen LogP contribution is -2.42. The SMILES string of the molecule is CC[C@@H]1[C@H](C(=O)O)CCN1C(=O)OC(C)(C)C. The van der Waals surface area contributed by atoms with E-state index in [1.165, 1.54) is 0 Å². The lowest BCUT2D eigenvalue weighted by molar-refractivity contribution is -0.142. The summed E-state index contributed by atoms with van der Waals surface area (Å²) in [5.74, 6) is -1.30. The van der Waals surface area contributed by atoms with E-state index in [4.69, 9.17) is 9.84 Å². The summed E-state index contributed by atoms with van der Waals surface area (Å²) in [6, 6.07) is -0.248. The zero-order chi connectivity index (χ0) is 13.2. The second kappa shape index (κ2) is 4.94. The summed E-state index contributed by atoms with van der Waals surface area (Å²) in [4.78, 5) is 24.5. The van der Waals surface area contributed by atoms with Crippen molar-refractivity contribution in [2.75, 3.05) is 6.54 Å². The van der Waals surface area contributed by atoms with E-state index in [9.17, 15) is 9.59 Å². The molecular formula is C12H21NO4. The quantitative estimate of drug-likeness (QED) is 0.806. The van der Waals surface area contributed by atoms with Gasteiger partial charge in [-0.25, -0.2) is 4.79 Å². The highest BCUT2D eigenvalue weighted by atomic mass is 16.6. The van der Waals surface area contributed by atoms with E-state index in [2.05, 4.69) is 0 Å². The van der Waals surface area contributed by atoms with Crippen molar-refractivity contribution in [2.45, 2.75) is 52.2 Å². The number of hydrogen-bond acceptors (Lipinski definition) is 3. The Bertz CT molecular complexity index is 308. The summed E-state index contributed by atoms with van der Waals surface area (Å²) in [6.07, 6.45) is 0.733. The molecule has 0 saturated carbocycles. The first-order valence-corrected chi connectivity index (χ1v) is 5.98. The van der Waals surface area contributed by atoms with Gasteiger partial charge < -0.3 is 14.7 Å². The predicted molar refractivity (Wildman–Crippen MR) is 62.8 cm³/mol. The zero-order valence-corrected chi connectivity index (χ0v) is 10.9. The molecule has 1 fully saturated rings. The highest BCUT2D eigenvalue weighted by Crippen LogP contribution is 2.28. The average Bonchev–Trinajstić information content (AvgIpc) is 2.57. The lowest BCUT2D eigenvalue weighted by Gasteiger charge is -2.29. The third kappa shape index (κ3) is 3.35. The molecule has 1 saturated heterocycles. The first kappa shape index (κ1) is 13.8. The number of ether oxygens (including phenoxy) is 1. The van der Waals surface area contributed by atoms with Crippen molar-refractivity contribution in [2.24, 2.45) is 5.92 Å².